The first-order valence-corrected chi connectivity index (χ1v) is 6.60. The lowest BCUT2D eigenvalue weighted by Crippen LogP contribution is -2.53. The van der Waals surface area contributed by atoms with Gasteiger partial charge in [0.2, 0.25) is 5.76 Å². The van der Waals surface area contributed by atoms with Crippen LogP contribution >= 0.6 is 0 Å². The predicted octanol–water partition coefficient (Wildman–Crippen LogP) is 0.269. The quantitative estimate of drug-likeness (QED) is 0.735. The first-order chi connectivity index (χ1) is 9.99. The third-order valence-corrected chi connectivity index (χ3v) is 3.10. The second-order valence-corrected chi connectivity index (χ2v) is 4.89. The van der Waals surface area contributed by atoms with Gasteiger partial charge in [0.25, 0.3) is 0 Å². The lowest BCUT2D eigenvalue weighted by molar-refractivity contribution is -0.0834. The van der Waals surface area contributed by atoms with Gasteiger partial charge in [0.1, 0.15) is 5.76 Å². The molecule has 0 radical (unpaired) electrons. The van der Waals surface area contributed by atoms with Crippen molar-refractivity contribution in [1.29, 1.82) is 0 Å². The molecule has 116 valence electrons. The molecular weight excluding hydrogens is 280 g/mol. The van der Waals surface area contributed by atoms with Crippen molar-refractivity contribution in [3.8, 4) is 0 Å². The van der Waals surface area contributed by atoms with Gasteiger partial charge in [0.15, 0.2) is 0 Å². The third-order valence-electron chi connectivity index (χ3n) is 3.10. The maximum Gasteiger partial charge on any atom is 0.371 e. The highest BCUT2D eigenvalue weighted by Crippen LogP contribution is 2.12. The summed E-state index contributed by atoms with van der Waals surface area (Å²) in [4.78, 5) is 24.3. The molecule has 1 aliphatic rings. The van der Waals surface area contributed by atoms with Crippen LogP contribution in [-0.4, -0.2) is 59.0 Å². The van der Waals surface area contributed by atoms with Gasteiger partial charge in [-0.1, -0.05) is 0 Å². The lowest BCUT2D eigenvalue weighted by Gasteiger charge is -2.35. The largest absolute Gasteiger partial charge is 0.475 e. The molecule has 0 spiro atoms. The van der Waals surface area contributed by atoms with Gasteiger partial charge in [-0.25, -0.2) is 9.59 Å². The number of aliphatic hydroxyl groups excluding tert-OH is 1. The summed E-state index contributed by atoms with van der Waals surface area (Å²) in [6.45, 7) is 2.52. The molecule has 21 heavy (non-hydrogen) atoms. The minimum Gasteiger partial charge on any atom is -0.475 e. The number of ether oxygens (including phenoxy) is 1. The van der Waals surface area contributed by atoms with Crippen molar-refractivity contribution >= 4 is 12.0 Å². The van der Waals surface area contributed by atoms with Crippen molar-refractivity contribution in [2.75, 3.05) is 19.7 Å². The Balaban J connectivity index is 1.87. The Morgan fingerprint density at radius 1 is 1.43 bits per heavy atom. The van der Waals surface area contributed by atoms with Crippen LogP contribution in [0.15, 0.2) is 16.5 Å². The molecule has 0 bridgehead atoms. The summed E-state index contributed by atoms with van der Waals surface area (Å²) in [7, 11) is 0. The summed E-state index contributed by atoms with van der Waals surface area (Å²) < 4.78 is 10.5. The van der Waals surface area contributed by atoms with E-state index in [-0.39, 0.29) is 37.2 Å². The van der Waals surface area contributed by atoms with Gasteiger partial charge in [-0.15, -0.1) is 0 Å². The summed E-state index contributed by atoms with van der Waals surface area (Å²) in [5, 5.41) is 20.5. The molecule has 1 aromatic heterocycles. The highest BCUT2D eigenvalue weighted by atomic mass is 16.5. The zero-order valence-electron chi connectivity index (χ0n) is 11.6. The molecule has 2 amide bonds. The summed E-state index contributed by atoms with van der Waals surface area (Å²) >= 11 is 0. The molecule has 2 rings (SSSR count). The van der Waals surface area contributed by atoms with Crippen LogP contribution in [0.3, 0.4) is 0 Å². The number of nitrogens with zero attached hydrogens (tertiary/aromatic N) is 1. The number of carboxylic acids is 1. The van der Waals surface area contributed by atoms with Crippen molar-refractivity contribution < 1.29 is 29.0 Å². The van der Waals surface area contributed by atoms with E-state index in [4.69, 9.17) is 19.4 Å². The first kappa shape index (κ1) is 15.3. The molecule has 0 aromatic carbocycles. The summed E-state index contributed by atoms with van der Waals surface area (Å²) in [6, 6.07) is 2.53. The Kier molecular flexibility index (Phi) is 4.81. The average molecular weight is 298 g/mol. The van der Waals surface area contributed by atoms with E-state index in [0.29, 0.717) is 18.8 Å². The van der Waals surface area contributed by atoms with Gasteiger partial charge in [-0.05, 0) is 19.1 Å². The van der Waals surface area contributed by atoms with Crippen molar-refractivity contribution in [3.63, 3.8) is 0 Å². The Hall–Kier alpha value is -2.06. The molecule has 2 atom stereocenters. The highest BCUT2D eigenvalue weighted by molar-refractivity contribution is 5.84. The van der Waals surface area contributed by atoms with Crippen molar-refractivity contribution in [1.82, 2.24) is 10.2 Å². The molecule has 1 aliphatic heterocycles. The predicted molar refractivity (Wildman–Crippen MR) is 70.9 cm³/mol. The molecule has 1 fully saturated rings. The van der Waals surface area contributed by atoms with E-state index in [9.17, 15) is 9.59 Å². The maximum absolute atomic E-state index is 12.0. The molecule has 8 heteroatoms. The van der Waals surface area contributed by atoms with Crippen LogP contribution in [0.1, 0.15) is 23.2 Å². The van der Waals surface area contributed by atoms with Gasteiger partial charge < -0.3 is 29.6 Å². The third kappa shape index (κ3) is 3.96. The number of morpholine rings is 1. The van der Waals surface area contributed by atoms with Crippen LogP contribution in [-0.2, 0) is 11.3 Å². The van der Waals surface area contributed by atoms with Gasteiger partial charge in [0, 0.05) is 6.54 Å². The van der Waals surface area contributed by atoms with Crippen LogP contribution in [0.2, 0.25) is 0 Å². The topological polar surface area (TPSA) is 112 Å². The van der Waals surface area contributed by atoms with E-state index >= 15 is 0 Å². The standard InChI is InChI=1S/C13H18N2O6/c1-8-5-15(6-10(7-16)20-8)13(19)14-4-9-2-3-11(21-9)12(17)18/h2-3,8,10,16H,4-7H2,1H3,(H,14,19)(H,17,18). The number of furan rings is 1. The van der Waals surface area contributed by atoms with Crippen molar-refractivity contribution in [2.24, 2.45) is 0 Å². The van der Waals surface area contributed by atoms with Gasteiger partial charge in [-0.2, -0.15) is 0 Å². The number of aromatic carboxylic acids is 1. The van der Waals surface area contributed by atoms with Crippen LogP contribution in [0, 0.1) is 0 Å². The SMILES string of the molecule is CC1CN(C(=O)NCc2ccc(C(=O)O)o2)CC(CO)O1. The molecule has 3 N–H and O–H groups in total. The van der Waals surface area contributed by atoms with Crippen molar-refractivity contribution in [3.05, 3.63) is 23.7 Å². The number of urea groups is 1. The number of carboxylic acid groups (broad SMARTS) is 1. The Labute approximate surface area is 121 Å². The maximum atomic E-state index is 12.0. The van der Waals surface area contributed by atoms with E-state index in [2.05, 4.69) is 5.32 Å². The summed E-state index contributed by atoms with van der Waals surface area (Å²) in [5.41, 5.74) is 0. The van der Waals surface area contributed by atoms with E-state index in [1.807, 2.05) is 6.92 Å². The Morgan fingerprint density at radius 3 is 2.81 bits per heavy atom. The average Bonchev–Trinajstić information content (AvgIpc) is 2.93. The number of hydrogen-bond acceptors (Lipinski definition) is 5. The fraction of sp³-hybridized carbons (Fsp3) is 0.538. The second-order valence-electron chi connectivity index (χ2n) is 4.89. The minimum absolute atomic E-state index is 0.0989. The molecule has 8 nitrogen and oxygen atoms in total. The number of rotatable bonds is 4. The number of nitrogens with one attached hydrogen (secondary N) is 1. The second kappa shape index (κ2) is 6.59. The van der Waals surface area contributed by atoms with E-state index in [1.165, 1.54) is 12.1 Å². The van der Waals surface area contributed by atoms with Crippen LogP contribution in [0.5, 0.6) is 0 Å². The van der Waals surface area contributed by atoms with Gasteiger partial charge >= 0.3 is 12.0 Å². The lowest BCUT2D eigenvalue weighted by atomic mass is 10.2. The Bertz CT molecular complexity index is 515. The van der Waals surface area contributed by atoms with Crippen molar-refractivity contribution in [2.45, 2.75) is 25.7 Å². The van der Waals surface area contributed by atoms with Crippen LogP contribution in [0.25, 0.3) is 0 Å². The normalized spacial score (nSPS) is 22.1. The molecule has 2 heterocycles. The fourth-order valence-electron chi connectivity index (χ4n) is 2.17. The van der Waals surface area contributed by atoms with Gasteiger partial charge in [0.05, 0.1) is 31.9 Å². The monoisotopic (exact) mass is 298 g/mol. The number of carbonyl (C=O) groups excluding carboxylic acids is 1. The number of hydrogen-bond donors (Lipinski definition) is 3. The molecular formula is C13H18N2O6. The number of amides is 2. The van der Waals surface area contributed by atoms with Crippen LogP contribution in [0.4, 0.5) is 4.79 Å². The highest BCUT2D eigenvalue weighted by Gasteiger charge is 2.27. The zero-order chi connectivity index (χ0) is 15.4. The number of aliphatic hydroxyl groups is 1. The zero-order valence-corrected chi connectivity index (χ0v) is 11.6. The molecule has 0 aliphatic carbocycles. The molecule has 0 saturated carbocycles. The number of carbonyl (C=O) groups is 2. The van der Waals surface area contributed by atoms with E-state index in [0.717, 1.165) is 0 Å². The van der Waals surface area contributed by atoms with E-state index in [1.54, 1.807) is 4.90 Å². The first-order valence-electron chi connectivity index (χ1n) is 6.60. The van der Waals surface area contributed by atoms with Gasteiger partial charge in [-0.3, -0.25) is 0 Å². The fourth-order valence-corrected chi connectivity index (χ4v) is 2.17. The minimum atomic E-state index is -1.15. The van der Waals surface area contributed by atoms with E-state index < -0.39 is 5.97 Å². The molecule has 1 saturated heterocycles. The summed E-state index contributed by atoms with van der Waals surface area (Å²) in [5.74, 6) is -0.958. The van der Waals surface area contributed by atoms with Crippen LogP contribution < -0.4 is 5.32 Å². The molecule has 2 unspecified atom stereocenters. The smallest absolute Gasteiger partial charge is 0.371 e. The molecule has 1 aromatic rings. The Morgan fingerprint density at radius 2 is 2.19 bits per heavy atom. The summed E-state index contributed by atoms with van der Waals surface area (Å²) in [6.07, 6.45) is -0.536.